The van der Waals surface area contributed by atoms with Gasteiger partial charge in [-0.05, 0) is 20.4 Å². The minimum absolute atomic E-state index is 0.171. The summed E-state index contributed by atoms with van der Waals surface area (Å²) in [5.74, 6) is 0. The molecule has 0 saturated heterocycles. The second-order valence-corrected chi connectivity index (χ2v) is 3.67. The van der Waals surface area contributed by atoms with E-state index < -0.39 is 0 Å². The maximum absolute atomic E-state index is 5.55. The minimum Gasteiger partial charge on any atom is -0.379 e. The molecule has 2 unspecified atom stereocenters. The van der Waals surface area contributed by atoms with E-state index in [4.69, 9.17) is 10.5 Å². The molecule has 0 saturated carbocycles. The van der Waals surface area contributed by atoms with Gasteiger partial charge in [0, 0.05) is 26.2 Å². The van der Waals surface area contributed by atoms with Crippen LogP contribution < -0.4 is 5.73 Å². The Morgan fingerprint density at radius 2 is 2.08 bits per heavy atom. The van der Waals surface area contributed by atoms with Crippen LogP contribution in [0.4, 0.5) is 0 Å². The molecule has 0 fully saturated rings. The van der Waals surface area contributed by atoms with Gasteiger partial charge in [0.2, 0.25) is 0 Å². The number of ether oxygens (including phenoxy) is 1. The van der Waals surface area contributed by atoms with E-state index in [0.29, 0.717) is 12.6 Å². The molecule has 0 aromatic rings. The van der Waals surface area contributed by atoms with Crippen molar-refractivity contribution < 1.29 is 4.74 Å². The fraction of sp³-hybridized carbons (Fsp3) is 1.00. The van der Waals surface area contributed by atoms with Gasteiger partial charge in [-0.2, -0.15) is 0 Å². The Labute approximate surface area is 82.2 Å². The van der Waals surface area contributed by atoms with Gasteiger partial charge in [-0.1, -0.05) is 13.3 Å². The molecule has 0 heterocycles. The number of methoxy groups -OCH3 is 1. The third kappa shape index (κ3) is 5.24. The Morgan fingerprint density at radius 1 is 1.46 bits per heavy atom. The summed E-state index contributed by atoms with van der Waals surface area (Å²) >= 11 is 0. The molecule has 0 aromatic heterocycles. The van der Waals surface area contributed by atoms with E-state index in [1.807, 2.05) is 0 Å². The van der Waals surface area contributed by atoms with Crippen LogP contribution in [-0.2, 0) is 4.74 Å². The number of nitrogens with zero attached hydrogens (tertiary/aromatic N) is 1. The smallest absolute Gasteiger partial charge is 0.0820 e. The van der Waals surface area contributed by atoms with E-state index in [1.165, 1.54) is 12.8 Å². The number of hydrogen-bond donors (Lipinski definition) is 1. The monoisotopic (exact) mass is 188 g/mol. The molecule has 3 heteroatoms. The van der Waals surface area contributed by atoms with E-state index in [1.54, 1.807) is 7.11 Å². The predicted molar refractivity (Wildman–Crippen MR) is 56.9 cm³/mol. The zero-order valence-corrected chi connectivity index (χ0v) is 9.42. The van der Waals surface area contributed by atoms with Crippen molar-refractivity contribution in [2.75, 3.05) is 27.2 Å². The van der Waals surface area contributed by atoms with Crippen LogP contribution in [0.1, 0.15) is 26.7 Å². The maximum Gasteiger partial charge on any atom is 0.0820 e. The summed E-state index contributed by atoms with van der Waals surface area (Å²) in [5.41, 5.74) is 5.55. The summed E-state index contributed by atoms with van der Waals surface area (Å²) in [4.78, 5) is 2.31. The summed E-state index contributed by atoms with van der Waals surface area (Å²) < 4.78 is 5.23. The largest absolute Gasteiger partial charge is 0.379 e. The Morgan fingerprint density at radius 3 is 2.46 bits per heavy atom. The molecular formula is C10H24N2O. The van der Waals surface area contributed by atoms with E-state index in [-0.39, 0.29) is 6.10 Å². The standard InChI is InChI=1S/C10H24N2O/c1-5-6-9(2)12(3)8-10(7-11)13-4/h9-10H,5-8,11H2,1-4H3. The molecule has 0 aliphatic heterocycles. The first-order valence-corrected chi connectivity index (χ1v) is 5.08. The normalized spacial score (nSPS) is 16.2. The Balaban J connectivity index is 3.75. The number of rotatable bonds is 7. The number of likely N-dealkylation sites (N-methyl/N-ethyl adjacent to an activating group) is 1. The van der Waals surface area contributed by atoms with Crippen molar-refractivity contribution in [1.82, 2.24) is 4.90 Å². The lowest BCUT2D eigenvalue weighted by atomic mass is 10.1. The molecule has 0 aliphatic rings. The molecule has 0 aromatic carbocycles. The van der Waals surface area contributed by atoms with Gasteiger partial charge < -0.3 is 15.4 Å². The van der Waals surface area contributed by atoms with Crippen LogP contribution in [0.2, 0.25) is 0 Å². The lowest BCUT2D eigenvalue weighted by Gasteiger charge is -2.27. The molecule has 2 N–H and O–H groups in total. The number of nitrogens with two attached hydrogens (primary N) is 1. The van der Waals surface area contributed by atoms with Crippen LogP contribution in [0, 0.1) is 0 Å². The quantitative estimate of drug-likeness (QED) is 0.650. The topological polar surface area (TPSA) is 38.5 Å². The summed E-state index contributed by atoms with van der Waals surface area (Å²) in [5, 5.41) is 0. The molecule has 0 radical (unpaired) electrons. The highest BCUT2D eigenvalue weighted by Gasteiger charge is 2.13. The van der Waals surface area contributed by atoms with Crippen molar-refractivity contribution in [2.24, 2.45) is 5.73 Å². The third-order valence-electron chi connectivity index (χ3n) is 2.55. The second-order valence-electron chi connectivity index (χ2n) is 3.67. The van der Waals surface area contributed by atoms with Crippen molar-refractivity contribution in [3.8, 4) is 0 Å². The lowest BCUT2D eigenvalue weighted by Crippen LogP contribution is -2.39. The number of hydrogen-bond acceptors (Lipinski definition) is 3. The van der Waals surface area contributed by atoms with Gasteiger partial charge in [0.25, 0.3) is 0 Å². The fourth-order valence-electron chi connectivity index (χ4n) is 1.38. The molecule has 2 atom stereocenters. The zero-order chi connectivity index (χ0) is 10.3. The average Bonchev–Trinajstić information content (AvgIpc) is 2.14. The van der Waals surface area contributed by atoms with Crippen LogP contribution in [-0.4, -0.2) is 44.3 Å². The molecule has 0 aliphatic carbocycles. The molecule has 80 valence electrons. The highest BCUT2D eigenvalue weighted by Crippen LogP contribution is 2.05. The third-order valence-corrected chi connectivity index (χ3v) is 2.55. The first-order valence-electron chi connectivity index (χ1n) is 5.08. The minimum atomic E-state index is 0.171. The molecular weight excluding hydrogens is 164 g/mol. The van der Waals surface area contributed by atoms with Crippen LogP contribution in [0.5, 0.6) is 0 Å². The second kappa shape index (κ2) is 7.30. The highest BCUT2D eigenvalue weighted by atomic mass is 16.5. The first kappa shape index (κ1) is 12.9. The first-order chi connectivity index (χ1) is 6.15. The van der Waals surface area contributed by atoms with E-state index in [0.717, 1.165) is 6.54 Å². The van der Waals surface area contributed by atoms with Gasteiger partial charge in [0.05, 0.1) is 6.10 Å². The summed E-state index contributed by atoms with van der Waals surface area (Å²) in [6.45, 7) is 5.97. The predicted octanol–water partition coefficient (Wildman–Crippen LogP) is 1.08. The van der Waals surface area contributed by atoms with Gasteiger partial charge >= 0.3 is 0 Å². The molecule has 0 rings (SSSR count). The van der Waals surface area contributed by atoms with Gasteiger partial charge in [-0.25, -0.2) is 0 Å². The summed E-state index contributed by atoms with van der Waals surface area (Å²) in [7, 11) is 3.85. The fourth-order valence-corrected chi connectivity index (χ4v) is 1.38. The average molecular weight is 188 g/mol. The van der Waals surface area contributed by atoms with Gasteiger partial charge in [-0.15, -0.1) is 0 Å². The Hall–Kier alpha value is -0.120. The maximum atomic E-state index is 5.55. The Bertz CT molecular complexity index is 115. The van der Waals surface area contributed by atoms with Crippen molar-refractivity contribution in [2.45, 2.75) is 38.8 Å². The van der Waals surface area contributed by atoms with Crippen LogP contribution in [0.3, 0.4) is 0 Å². The Kier molecular flexibility index (Phi) is 7.23. The molecule has 0 amide bonds. The lowest BCUT2D eigenvalue weighted by molar-refractivity contribution is 0.0657. The van der Waals surface area contributed by atoms with Crippen molar-refractivity contribution >= 4 is 0 Å². The molecule has 3 nitrogen and oxygen atoms in total. The van der Waals surface area contributed by atoms with Crippen LogP contribution in [0.25, 0.3) is 0 Å². The van der Waals surface area contributed by atoms with E-state index >= 15 is 0 Å². The van der Waals surface area contributed by atoms with Gasteiger partial charge in [0.1, 0.15) is 0 Å². The van der Waals surface area contributed by atoms with Crippen LogP contribution in [0.15, 0.2) is 0 Å². The van der Waals surface area contributed by atoms with E-state index in [9.17, 15) is 0 Å². The molecule has 13 heavy (non-hydrogen) atoms. The summed E-state index contributed by atoms with van der Waals surface area (Å²) in [6, 6.07) is 0.620. The molecule has 0 spiro atoms. The zero-order valence-electron chi connectivity index (χ0n) is 9.42. The van der Waals surface area contributed by atoms with Gasteiger partial charge in [-0.3, -0.25) is 0 Å². The van der Waals surface area contributed by atoms with Crippen LogP contribution >= 0.6 is 0 Å². The van der Waals surface area contributed by atoms with Crippen molar-refractivity contribution in [3.63, 3.8) is 0 Å². The highest BCUT2D eigenvalue weighted by molar-refractivity contribution is 4.68. The van der Waals surface area contributed by atoms with Crippen molar-refractivity contribution in [1.29, 1.82) is 0 Å². The van der Waals surface area contributed by atoms with Gasteiger partial charge in [0.15, 0.2) is 0 Å². The summed E-state index contributed by atoms with van der Waals surface area (Å²) in [6.07, 6.45) is 2.63. The SMILES string of the molecule is CCCC(C)N(C)CC(CN)OC. The van der Waals surface area contributed by atoms with E-state index in [2.05, 4.69) is 25.8 Å². The van der Waals surface area contributed by atoms with Crippen molar-refractivity contribution in [3.05, 3.63) is 0 Å². The molecule has 0 bridgehead atoms.